The van der Waals surface area contributed by atoms with Crippen LogP contribution in [0.4, 0.5) is 0 Å². The van der Waals surface area contributed by atoms with Crippen LogP contribution in [0.1, 0.15) is 91.0 Å². The summed E-state index contributed by atoms with van der Waals surface area (Å²) in [5, 5.41) is 0. The van der Waals surface area contributed by atoms with E-state index in [1.165, 1.54) is 18.9 Å². The summed E-state index contributed by atoms with van der Waals surface area (Å²) in [5.41, 5.74) is 0.952. The van der Waals surface area contributed by atoms with E-state index in [4.69, 9.17) is 22.8 Å². The maximum Gasteiger partial charge on any atom is 0.500 e. The van der Waals surface area contributed by atoms with Gasteiger partial charge in [-0.15, -0.1) is 0 Å². The summed E-state index contributed by atoms with van der Waals surface area (Å²) < 4.78 is 28.7. The molecule has 1 aromatic rings. The van der Waals surface area contributed by atoms with E-state index in [-0.39, 0.29) is 5.97 Å². The first kappa shape index (κ1) is 31.4. The van der Waals surface area contributed by atoms with Crippen LogP contribution >= 0.6 is 0 Å². The van der Waals surface area contributed by atoms with Gasteiger partial charge in [-0.05, 0) is 63.8 Å². The zero-order valence-corrected chi connectivity index (χ0v) is 23.5. The normalized spacial score (nSPS) is 11.8. The van der Waals surface area contributed by atoms with Crippen LogP contribution in [0.15, 0.2) is 30.3 Å². The van der Waals surface area contributed by atoms with Crippen LogP contribution in [-0.2, 0) is 22.8 Å². The maximum absolute atomic E-state index is 11.9. The molecule has 0 unspecified atom stereocenters. The van der Waals surface area contributed by atoms with Crippen LogP contribution in [0.3, 0.4) is 0 Å². The van der Waals surface area contributed by atoms with Gasteiger partial charge in [0.25, 0.3) is 0 Å². The smallest absolute Gasteiger partial charge is 0.494 e. The van der Waals surface area contributed by atoms with E-state index in [0.717, 1.165) is 68.9 Å². The summed E-state index contributed by atoms with van der Waals surface area (Å²) in [6.45, 7) is 11.2. The van der Waals surface area contributed by atoms with E-state index in [2.05, 4.69) is 6.92 Å². The number of carbonyl (C=O) groups excluding carboxylic acids is 1. The SMILES string of the molecule is CCCCCOc1ccc(/C=C/C(=O)OCCCCCCCC[Si](OCC)(OCC)OCC)cc1. The molecule has 0 N–H and O–H groups in total. The van der Waals surface area contributed by atoms with Crippen molar-refractivity contribution in [1.29, 1.82) is 0 Å². The van der Waals surface area contributed by atoms with Gasteiger partial charge >= 0.3 is 14.8 Å². The molecule has 0 heterocycles. The van der Waals surface area contributed by atoms with E-state index >= 15 is 0 Å². The van der Waals surface area contributed by atoms with Crippen molar-refractivity contribution in [2.75, 3.05) is 33.0 Å². The lowest BCUT2D eigenvalue weighted by Crippen LogP contribution is -2.45. The molecule has 0 aliphatic rings. The lowest BCUT2D eigenvalue weighted by molar-refractivity contribution is -0.137. The molecule has 0 spiro atoms. The van der Waals surface area contributed by atoms with Crippen molar-refractivity contribution in [3.05, 3.63) is 35.9 Å². The molecule has 0 saturated heterocycles. The highest BCUT2D eigenvalue weighted by Gasteiger charge is 2.39. The molecule has 35 heavy (non-hydrogen) atoms. The quantitative estimate of drug-likeness (QED) is 0.0714. The van der Waals surface area contributed by atoms with E-state index in [9.17, 15) is 4.79 Å². The molecule has 0 atom stereocenters. The van der Waals surface area contributed by atoms with E-state index in [1.807, 2.05) is 45.0 Å². The Kier molecular flexibility index (Phi) is 18.4. The zero-order valence-electron chi connectivity index (χ0n) is 22.5. The third kappa shape index (κ3) is 15.1. The highest BCUT2D eigenvalue weighted by molar-refractivity contribution is 6.60. The van der Waals surface area contributed by atoms with Gasteiger partial charge in [0, 0.05) is 31.9 Å². The molecule has 0 amide bonds. The van der Waals surface area contributed by atoms with Crippen molar-refractivity contribution >= 4 is 20.8 Å². The molecule has 0 aliphatic heterocycles. The molecule has 0 saturated carbocycles. The number of benzene rings is 1. The summed E-state index contributed by atoms with van der Waals surface area (Å²) in [6, 6.07) is 8.64. The van der Waals surface area contributed by atoms with Crippen LogP contribution in [0, 0.1) is 0 Å². The average Bonchev–Trinajstić information content (AvgIpc) is 2.85. The average molecular weight is 509 g/mol. The summed E-state index contributed by atoms with van der Waals surface area (Å²) in [5.74, 6) is 0.564. The summed E-state index contributed by atoms with van der Waals surface area (Å²) in [6.07, 6.45) is 13.1. The molecule has 0 bridgehead atoms. The second-order valence-corrected chi connectivity index (χ2v) is 11.2. The lowest BCUT2D eigenvalue weighted by atomic mass is 10.1. The van der Waals surface area contributed by atoms with Gasteiger partial charge in [0.15, 0.2) is 0 Å². The zero-order chi connectivity index (χ0) is 25.6. The van der Waals surface area contributed by atoms with E-state index in [0.29, 0.717) is 26.4 Å². The summed E-state index contributed by atoms with van der Waals surface area (Å²) >= 11 is 0. The van der Waals surface area contributed by atoms with Crippen LogP contribution in [-0.4, -0.2) is 47.8 Å². The summed E-state index contributed by atoms with van der Waals surface area (Å²) in [7, 11) is -2.50. The number of hydrogen-bond donors (Lipinski definition) is 0. The predicted octanol–water partition coefficient (Wildman–Crippen LogP) is 7.20. The Balaban J connectivity index is 2.13. The Morgan fingerprint density at radius 1 is 0.743 bits per heavy atom. The fraction of sp³-hybridized carbons (Fsp3) is 0.679. The van der Waals surface area contributed by atoms with Crippen molar-refractivity contribution in [2.24, 2.45) is 0 Å². The van der Waals surface area contributed by atoms with E-state index in [1.54, 1.807) is 6.08 Å². The first-order valence-electron chi connectivity index (χ1n) is 13.6. The van der Waals surface area contributed by atoms with Crippen molar-refractivity contribution < 1.29 is 27.5 Å². The Morgan fingerprint density at radius 3 is 1.91 bits per heavy atom. The van der Waals surface area contributed by atoms with Crippen LogP contribution < -0.4 is 4.74 Å². The van der Waals surface area contributed by atoms with Crippen LogP contribution in [0.2, 0.25) is 6.04 Å². The number of ether oxygens (including phenoxy) is 2. The topological polar surface area (TPSA) is 63.2 Å². The van der Waals surface area contributed by atoms with Gasteiger partial charge in [0.05, 0.1) is 13.2 Å². The van der Waals surface area contributed by atoms with E-state index < -0.39 is 8.80 Å². The third-order valence-corrected chi connectivity index (χ3v) is 8.67. The minimum absolute atomic E-state index is 0.297. The number of esters is 1. The third-order valence-electron chi connectivity index (χ3n) is 5.52. The molecule has 7 heteroatoms. The van der Waals surface area contributed by atoms with Crippen molar-refractivity contribution in [1.82, 2.24) is 0 Å². The molecular weight excluding hydrogens is 460 g/mol. The van der Waals surface area contributed by atoms with Gasteiger partial charge in [-0.2, -0.15) is 0 Å². The molecule has 0 fully saturated rings. The first-order chi connectivity index (χ1) is 17.1. The van der Waals surface area contributed by atoms with Crippen molar-refractivity contribution in [3.63, 3.8) is 0 Å². The van der Waals surface area contributed by atoms with Crippen LogP contribution in [0.25, 0.3) is 6.08 Å². The molecule has 1 aromatic carbocycles. The molecule has 6 nitrogen and oxygen atoms in total. The van der Waals surface area contributed by atoms with Gasteiger partial charge in [-0.25, -0.2) is 4.79 Å². The number of rotatable bonds is 22. The minimum Gasteiger partial charge on any atom is -0.494 e. The predicted molar refractivity (Wildman–Crippen MR) is 145 cm³/mol. The second-order valence-electron chi connectivity index (χ2n) is 8.48. The minimum atomic E-state index is -2.50. The van der Waals surface area contributed by atoms with Gasteiger partial charge in [0.1, 0.15) is 5.75 Å². The Hall–Kier alpha value is -1.67. The number of carbonyl (C=O) groups is 1. The molecule has 0 aliphatic carbocycles. The maximum atomic E-state index is 11.9. The Bertz CT molecular complexity index is 660. The molecule has 0 aromatic heterocycles. The molecule has 0 radical (unpaired) electrons. The Labute approximate surface area is 214 Å². The highest BCUT2D eigenvalue weighted by atomic mass is 28.4. The fourth-order valence-electron chi connectivity index (χ4n) is 3.75. The largest absolute Gasteiger partial charge is 0.500 e. The number of unbranched alkanes of at least 4 members (excludes halogenated alkanes) is 7. The highest BCUT2D eigenvalue weighted by Crippen LogP contribution is 2.20. The second kappa shape index (κ2) is 20.5. The lowest BCUT2D eigenvalue weighted by Gasteiger charge is -2.28. The standard InChI is InChI=1S/C28H48O6Si/c1-5-9-14-23-30-27-20-17-26(18-21-27)19-22-28(29)31-24-15-12-10-11-13-16-25-35(32-6-2,33-7-3)34-8-4/h17-22H,5-16,23-25H2,1-4H3/b22-19+. The van der Waals surface area contributed by atoms with Gasteiger partial charge in [-0.1, -0.05) is 57.6 Å². The molecule has 1 rings (SSSR count). The summed E-state index contributed by atoms with van der Waals surface area (Å²) in [4.78, 5) is 11.9. The number of hydrogen-bond acceptors (Lipinski definition) is 6. The first-order valence-corrected chi connectivity index (χ1v) is 15.5. The van der Waals surface area contributed by atoms with Crippen molar-refractivity contribution in [2.45, 2.75) is 91.5 Å². The Morgan fingerprint density at radius 2 is 1.31 bits per heavy atom. The molecule has 200 valence electrons. The van der Waals surface area contributed by atoms with Crippen molar-refractivity contribution in [3.8, 4) is 5.75 Å². The molecular formula is C28H48O6Si. The van der Waals surface area contributed by atoms with Crippen LogP contribution in [0.5, 0.6) is 5.75 Å². The monoisotopic (exact) mass is 508 g/mol. The van der Waals surface area contributed by atoms with Gasteiger partial charge in [0.2, 0.25) is 0 Å². The fourth-order valence-corrected chi connectivity index (χ4v) is 6.44. The van der Waals surface area contributed by atoms with Gasteiger partial charge in [-0.3, -0.25) is 0 Å². The van der Waals surface area contributed by atoms with Gasteiger partial charge < -0.3 is 22.8 Å².